The summed E-state index contributed by atoms with van der Waals surface area (Å²) in [5.74, 6) is -2.80. The van der Waals surface area contributed by atoms with Gasteiger partial charge in [0, 0.05) is 53.6 Å². The first-order chi connectivity index (χ1) is 53.5. The van der Waals surface area contributed by atoms with Gasteiger partial charge >= 0.3 is 18.5 Å². The number of alkyl halides is 9. The van der Waals surface area contributed by atoms with Crippen LogP contribution in [0.2, 0.25) is 0 Å². The molecule has 4 N–H and O–H groups in total. The summed E-state index contributed by atoms with van der Waals surface area (Å²) in [4.78, 5) is 105. The van der Waals surface area contributed by atoms with Crippen LogP contribution in [0.5, 0.6) is 0 Å². The van der Waals surface area contributed by atoms with Crippen LogP contribution >= 0.6 is 0 Å². The zero-order chi connectivity index (χ0) is 80.9. The third kappa shape index (κ3) is 15.2. The van der Waals surface area contributed by atoms with E-state index in [1.165, 1.54) is 52.5 Å². The number of nitrogens with one attached hydrogen (secondary N) is 4. The minimum atomic E-state index is -4.84. The minimum Gasteiger partial charge on any atom is -0.332 e. The number of aliphatic imine (C=N–C) groups is 1. The maximum Gasteiger partial charge on any atom is 0.434 e. The molecule has 0 radical (unpaired) electrons. The fraction of sp³-hybridized carbons (Fsp3) is 0.174. The van der Waals surface area contributed by atoms with Gasteiger partial charge in [0.05, 0.1) is 79.6 Å². The molecular formula is C86H69F9N12O6. The molecule has 0 atom stereocenters. The van der Waals surface area contributed by atoms with Crippen LogP contribution in [0.15, 0.2) is 242 Å². The molecule has 8 aromatic carbocycles. The standard InChI is InChI=1S/C29H23F3N4O2.C29H25F3N4O2.C28H21F3N4O2/c1-17-9-11-19(12-10-17)35-26(37)22-14-18(15-34-25(22)29(30,31)32)21-7-4-8-23-24(21)28(2,3)27(38)36(23)20-6-5-13-33-16-20;1-17-8-11-19(12-9-17)35-25(37)21-16-18(10-13-22(21)29(30,31)32)20-6-4-7-23-24(20)28(2,3)26(38)36(23)27-33-14-5-15-34-27;1-27(2)23-19(10-6-11-22(23)35(25(27)37)26-32-14-7-15-33-26)17-12-13-21(28(29,30)31)20(16-17)24(36)34-18-8-4-3-5-9-18/h4-16H,1-3H3,(H,35,37);4-14,16H,15H2,1-3H3,(H,33,34)(H,35,37);3-16H,1-2H3,(H,34,36). The lowest BCUT2D eigenvalue weighted by Crippen LogP contribution is -2.46. The quantitative estimate of drug-likeness (QED) is 0.0891. The topological polar surface area (TPSA) is 224 Å². The van der Waals surface area contributed by atoms with Crippen molar-refractivity contribution in [3.05, 3.63) is 299 Å². The highest BCUT2D eigenvalue weighted by molar-refractivity contribution is 6.25. The second-order valence-electron chi connectivity index (χ2n) is 28.5. The number of benzene rings is 8. The Morgan fingerprint density at radius 1 is 0.425 bits per heavy atom. The molecule has 0 aliphatic carbocycles. The number of carbonyl (C=O) groups is 6. The van der Waals surface area contributed by atoms with E-state index in [2.05, 4.69) is 46.2 Å². The highest BCUT2D eigenvalue weighted by Gasteiger charge is 2.51. The number of carbonyl (C=O) groups excluding carboxylic acids is 6. The monoisotopic (exact) mass is 1540 g/mol. The van der Waals surface area contributed by atoms with Gasteiger partial charge in [-0.25, -0.2) is 24.8 Å². The summed E-state index contributed by atoms with van der Waals surface area (Å²) >= 11 is 0. The van der Waals surface area contributed by atoms with Crippen molar-refractivity contribution >= 4 is 87.2 Å². The van der Waals surface area contributed by atoms with Crippen molar-refractivity contribution in [1.82, 2.24) is 25.3 Å². The Labute approximate surface area is 642 Å². The SMILES string of the molecule is CC1(C)C(=O)N(c2ncccn2)c2cccc(-c3ccc(C(F)(F)F)c(C(=O)Nc4ccccc4)c3)c21.Cc1ccc(NC(=O)c2cc(-c3cccc4c3C(C)(C)C(=O)N4C3=NCC=CN3)ccc2C(F)(F)F)cc1.Cc1ccc(NC(=O)c2cc(-c3cccc4c3C(C)(C)C(=O)N4c3cccnc3)cnc2C(F)(F)F)cc1. The Bertz CT molecular complexity index is 5660. The van der Waals surface area contributed by atoms with E-state index in [9.17, 15) is 68.3 Å². The zero-order valence-electron chi connectivity index (χ0n) is 61.7. The maximum atomic E-state index is 13.9. The lowest BCUT2D eigenvalue weighted by atomic mass is 9.81. The van der Waals surface area contributed by atoms with E-state index >= 15 is 0 Å². The Hall–Kier alpha value is -13.5. The van der Waals surface area contributed by atoms with Gasteiger partial charge in [-0.3, -0.25) is 43.6 Å². The number of hydrogen-bond acceptors (Lipinski definition) is 12. The Balaban J connectivity index is 0.000000148. The first-order valence-corrected chi connectivity index (χ1v) is 35.3. The molecule has 15 rings (SSSR count). The molecule has 0 spiro atoms. The van der Waals surface area contributed by atoms with Gasteiger partial charge in [0.2, 0.25) is 29.6 Å². The van der Waals surface area contributed by atoms with Crippen LogP contribution in [0.4, 0.5) is 85.3 Å². The number of guanidine groups is 1. The smallest absolute Gasteiger partial charge is 0.332 e. The van der Waals surface area contributed by atoms with Crippen molar-refractivity contribution < 1.29 is 68.3 Å². The molecule has 0 saturated carbocycles. The van der Waals surface area contributed by atoms with E-state index in [1.54, 1.807) is 217 Å². The normalized spacial score (nSPS) is 15.0. The second-order valence-corrected chi connectivity index (χ2v) is 28.5. The number of fused-ring (bicyclic) bond motifs is 3. The molecule has 0 fully saturated rings. The molecule has 11 aromatic rings. The van der Waals surface area contributed by atoms with Crippen LogP contribution < -0.4 is 36.0 Å². The number of rotatable bonds is 11. The van der Waals surface area contributed by atoms with Gasteiger partial charge in [0.1, 0.15) is 0 Å². The number of para-hydroxylation sites is 1. The van der Waals surface area contributed by atoms with Gasteiger partial charge in [-0.15, -0.1) is 0 Å². The average molecular weight is 1540 g/mol. The molecule has 7 heterocycles. The van der Waals surface area contributed by atoms with Crippen LogP contribution in [-0.4, -0.2) is 67.9 Å². The van der Waals surface area contributed by atoms with Crippen LogP contribution in [0, 0.1) is 13.8 Å². The summed E-state index contributed by atoms with van der Waals surface area (Å²) in [6, 6.07) is 50.7. The van der Waals surface area contributed by atoms with E-state index in [0.29, 0.717) is 96.8 Å². The fourth-order valence-corrected chi connectivity index (χ4v) is 14.1. The van der Waals surface area contributed by atoms with E-state index in [-0.39, 0.29) is 29.2 Å². The van der Waals surface area contributed by atoms with Gasteiger partial charge in [0.25, 0.3) is 17.7 Å². The molecule has 27 heteroatoms. The third-order valence-corrected chi connectivity index (χ3v) is 19.6. The maximum absolute atomic E-state index is 13.9. The largest absolute Gasteiger partial charge is 0.434 e. The number of amides is 6. The van der Waals surface area contributed by atoms with Crippen LogP contribution in [0.1, 0.15) is 117 Å². The molecule has 0 bridgehead atoms. The molecule has 18 nitrogen and oxygen atoms in total. The van der Waals surface area contributed by atoms with Crippen molar-refractivity contribution in [2.45, 2.75) is 90.2 Å². The molecule has 113 heavy (non-hydrogen) atoms. The van der Waals surface area contributed by atoms with Gasteiger partial charge < -0.3 is 21.3 Å². The molecule has 4 aliphatic heterocycles. The molecule has 0 unspecified atom stereocenters. The first kappa shape index (κ1) is 77.7. The van der Waals surface area contributed by atoms with E-state index < -0.39 is 86.0 Å². The number of hydrogen-bond donors (Lipinski definition) is 4. The summed E-state index contributed by atoms with van der Waals surface area (Å²) in [5.41, 5.74) is 1.83. The Morgan fingerprint density at radius 3 is 1.31 bits per heavy atom. The second kappa shape index (κ2) is 30.1. The highest BCUT2D eigenvalue weighted by Crippen LogP contribution is 2.53. The number of aromatic nitrogens is 4. The van der Waals surface area contributed by atoms with Crippen molar-refractivity contribution in [2.75, 3.05) is 37.2 Å². The first-order valence-electron chi connectivity index (χ1n) is 35.3. The number of anilines is 8. The predicted molar refractivity (Wildman–Crippen MR) is 413 cm³/mol. The summed E-state index contributed by atoms with van der Waals surface area (Å²) in [5, 5.41) is 10.6. The van der Waals surface area contributed by atoms with Gasteiger partial charge in [-0.05, 0) is 209 Å². The molecule has 3 aromatic heterocycles. The molecule has 0 saturated heterocycles. The van der Waals surface area contributed by atoms with Crippen LogP contribution in [-0.2, 0) is 49.2 Å². The van der Waals surface area contributed by atoms with E-state index in [0.717, 1.165) is 29.5 Å². The van der Waals surface area contributed by atoms with Crippen LogP contribution in [0.25, 0.3) is 33.4 Å². The van der Waals surface area contributed by atoms with Crippen molar-refractivity contribution in [3.63, 3.8) is 0 Å². The Kier molecular flexibility index (Phi) is 20.7. The lowest BCUT2D eigenvalue weighted by Gasteiger charge is -2.23. The predicted octanol–water partition coefficient (Wildman–Crippen LogP) is 19.1. The Morgan fingerprint density at radius 2 is 0.858 bits per heavy atom. The fourth-order valence-electron chi connectivity index (χ4n) is 14.1. The average Bonchev–Trinajstić information content (AvgIpc) is 1.58. The van der Waals surface area contributed by atoms with Crippen molar-refractivity contribution in [3.8, 4) is 33.4 Å². The van der Waals surface area contributed by atoms with Crippen molar-refractivity contribution in [2.24, 2.45) is 4.99 Å². The number of nitrogens with zero attached hydrogens (tertiary/aromatic N) is 8. The van der Waals surface area contributed by atoms with Gasteiger partial charge in [-0.1, -0.05) is 102 Å². The molecule has 6 amide bonds. The van der Waals surface area contributed by atoms with Crippen LogP contribution in [0.3, 0.4) is 0 Å². The zero-order valence-corrected chi connectivity index (χ0v) is 61.7. The molecule has 572 valence electrons. The summed E-state index contributed by atoms with van der Waals surface area (Å²) in [7, 11) is 0. The summed E-state index contributed by atoms with van der Waals surface area (Å²) in [6.45, 7) is 14.7. The third-order valence-electron chi connectivity index (χ3n) is 19.6. The number of halogens is 9. The number of aryl methyl sites for hydroxylation is 2. The number of pyridine rings is 2. The summed E-state index contributed by atoms with van der Waals surface area (Å²) < 4.78 is 125. The van der Waals surface area contributed by atoms with E-state index in [4.69, 9.17) is 0 Å². The van der Waals surface area contributed by atoms with E-state index in [1.807, 2.05) is 19.9 Å². The summed E-state index contributed by atoms with van der Waals surface area (Å²) in [6.07, 6.45) is -3.48. The molecule has 4 aliphatic rings. The van der Waals surface area contributed by atoms with Crippen molar-refractivity contribution in [1.29, 1.82) is 0 Å². The van der Waals surface area contributed by atoms with Gasteiger partial charge in [0.15, 0.2) is 5.69 Å². The van der Waals surface area contributed by atoms with Gasteiger partial charge in [-0.2, -0.15) is 39.5 Å². The molecular weight excluding hydrogens is 1470 g/mol. The minimum absolute atomic E-state index is 0.201. The highest BCUT2D eigenvalue weighted by atomic mass is 19.4. The lowest BCUT2D eigenvalue weighted by molar-refractivity contribution is -0.141.